The first-order chi connectivity index (χ1) is 13.2. The molecule has 0 fully saturated rings. The molecule has 0 aliphatic carbocycles. The Bertz CT molecular complexity index is 1030. The van der Waals surface area contributed by atoms with E-state index < -0.39 is 0 Å². The predicted octanol–water partition coefficient (Wildman–Crippen LogP) is 3.65. The van der Waals surface area contributed by atoms with Gasteiger partial charge in [-0.05, 0) is 42.0 Å². The number of aromatic amines is 1. The van der Waals surface area contributed by atoms with Gasteiger partial charge < -0.3 is 4.74 Å². The topological polar surface area (TPSA) is 81.5 Å². The molecule has 4 rings (SSSR count). The summed E-state index contributed by atoms with van der Waals surface area (Å²) in [5.74, 6) is 1.24. The average Bonchev–Trinajstić information content (AvgIpc) is 3.32. The minimum absolute atomic E-state index is 0.462. The van der Waals surface area contributed by atoms with Crippen molar-refractivity contribution in [2.45, 2.75) is 20.1 Å². The fourth-order valence-corrected chi connectivity index (χ4v) is 2.95. The van der Waals surface area contributed by atoms with Crippen LogP contribution in [0.1, 0.15) is 16.8 Å². The minimum Gasteiger partial charge on any atom is -0.489 e. The van der Waals surface area contributed by atoms with Crippen LogP contribution in [0.15, 0.2) is 54.6 Å². The zero-order valence-corrected chi connectivity index (χ0v) is 15.4. The Labute approximate surface area is 160 Å². The molecule has 2 aromatic heterocycles. The molecule has 0 spiro atoms. The molecule has 4 aromatic rings. The van der Waals surface area contributed by atoms with Crippen molar-refractivity contribution in [3.8, 4) is 17.3 Å². The predicted molar refractivity (Wildman–Crippen MR) is 101 cm³/mol. The largest absolute Gasteiger partial charge is 0.489 e. The van der Waals surface area contributed by atoms with Crippen LogP contribution < -0.4 is 4.74 Å². The number of aromatic nitrogens is 6. The molecule has 2 heterocycles. The second kappa shape index (κ2) is 7.59. The van der Waals surface area contributed by atoms with Gasteiger partial charge in [0, 0.05) is 16.3 Å². The normalized spacial score (nSPS) is 10.9. The summed E-state index contributed by atoms with van der Waals surface area (Å²) in [6, 6.07) is 17.6. The number of halogens is 1. The lowest BCUT2D eigenvalue weighted by Crippen LogP contribution is -2.06. The van der Waals surface area contributed by atoms with Gasteiger partial charge in [0.05, 0.1) is 6.54 Å². The van der Waals surface area contributed by atoms with Crippen LogP contribution in [0.3, 0.4) is 0 Å². The van der Waals surface area contributed by atoms with E-state index in [9.17, 15) is 0 Å². The number of nitrogens with zero attached hydrogens (tertiary/aromatic N) is 5. The SMILES string of the molecule is Cc1cc(-c2nn[nH]n2)nn1Cc1cc(Cl)ccc1OCc1ccccc1. The number of nitrogens with one attached hydrogen (secondary N) is 1. The number of H-pyrrole nitrogens is 1. The van der Waals surface area contributed by atoms with Crippen molar-refractivity contribution in [1.82, 2.24) is 30.4 Å². The molecular formula is C19H17ClN6O. The molecule has 0 amide bonds. The van der Waals surface area contributed by atoms with Crippen molar-refractivity contribution in [2.75, 3.05) is 0 Å². The molecule has 2 aromatic carbocycles. The van der Waals surface area contributed by atoms with Gasteiger partial charge in [0.25, 0.3) is 0 Å². The molecule has 0 aliphatic heterocycles. The smallest absolute Gasteiger partial charge is 0.224 e. The number of ether oxygens (including phenoxy) is 1. The van der Waals surface area contributed by atoms with Crippen molar-refractivity contribution in [1.29, 1.82) is 0 Å². The summed E-state index contributed by atoms with van der Waals surface area (Å²) < 4.78 is 7.90. The Morgan fingerprint density at radius 1 is 1.11 bits per heavy atom. The van der Waals surface area contributed by atoms with Crippen molar-refractivity contribution >= 4 is 11.6 Å². The van der Waals surface area contributed by atoms with Crippen LogP contribution in [-0.2, 0) is 13.2 Å². The molecule has 0 radical (unpaired) electrons. The first kappa shape index (κ1) is 17.2. The van der Waals surface area contributed by atoms with E-state index in [4.69, 9.17) is 16.3 Å². The van der Waals surface area contributed by atoms with Crippen LogP contribution >= 0.6 is 11.6 Å². The fraction of sp³-hybridized carbons (Fsp3) is 0.158. The molecule has 0 aliphatic rings. The summed E-state index contributed by atoms with van der Waals surface area (Å²) >= 11 is 6.21. The van der Waals surface area contributed by atoms with Crippen LogP contribution in [0, 0.1) is 6.92 Å². The standard InChI is InChI=1S/C19H17ClN6O/c1-13-9-17(19-21-24-25-22-19)23-26(13)11-15-10-16(20)7-8-18(15)27-12-14-5-3-2-4-6-14/h2-10H,11-12H2,1H3,(H,21,22,24,25). The molecular weight excluding hydrogens is 364 g/mol. The summed E-state index contributed by atoms with van der Waals surface area (Å²) in [5.41, 5.74) is 3.69. The van der Waals surface area contributed by atoms with Crippen molar-refractivity contribution in [3.63, 3.8) is 0 Å². The first-order valence-corrected chi connectivity index (χ1v) is 8.80. The fourth-order valence-electron chi connectivity index (χ4n) is 2.76. The molecule has 0 saturated heterocycles. The lowest BCUT2D eigenvalue weighted by Gasteiger charge is -2.13. The first-order valence-electron chi connectivity index (χ1n) is 8.42. The maximum atomic E-state index is 6.21. The lowest BCUT2D eigenvalue weighted by molar-refractivity contribution is 0.302. The van der Waals surface area contributed by atoms with Crippen molar-refractivity contribution in [3.05, 3.63) is 76.4 Å². The quantitative estimate of drug-likeness (QED) is 0.552. The zero-order chi connectivity index (χ0) is 18.6. The third kappa shape index (κ3) is 3.98. The second-order valence-corrected chi connectivity index (χ2v) is 6.53. The second-order valence-electron chi connectivity index (χ2n) is 6.09. The van der Waals surface area contributed by atoms with Crippen LogP contribution in [-0.4, -0.2) is 30.4 Å². The number of hydrogen-bond donors (Lipinski definition) is 1. The molecule has 0 saturated carbocycles. The van der Waals surface area contributed by atoms with E-state index in [-0.39, 0.29) is 0 Å². The van der Waals surface area contributed by atoms with Gasteiger partial charge in [0.2, 0.25) is 5.82 Å². The summed E-state index contributed by atoms with van der Waals surface area (Å²) in [5, 5.41) is 19.2. The maximum Gasteiger partial charge on any atom is 0.224 e. The van der Waals surface area contributed by atoms with Crippen LogP contribution in [0.5, 0.6) is 5.75 Å². The summed E-state index contributed by atoms with van der Waals surface area (Å²) in [7, 11) is 0. The van der Waals surface area contributed by atoms with E-state index in [2.05, 4.69) is 25.7 Å². The lowest BCUT2D eigenvalue weighted by atomic mass is 10.2. The van der Waals surface area contributed by atoms with Gasteiger partial charge in [0.1, 0.15) is 18.1 Å². The van der Waals surface area contributed by atoms with Crippen LogP contribution in [0.4, 0.5) is 0 Å². The zero-order valence-electron chi connectivity index (χ0n) is 14.6. The molecule has 7 nitrogen and oxygen atoms in total. The van der Waals surface area contributed by atoms with Crippen LogP contribution in [0.25, 0.3) is 11.5 Å². The number of aryl methyl sites for hydroxylation is 1. The number of tetrazole rings is 1. The highest BCUT2D eigenvalue weighted by molar-refractivity contribution is 6.30. The maximum absolute atomic E-state index is 6.21. The van der Waals surface area contributed by atoms with E-state index in [1.807, 2.05) is 66.2 Å². The number of hydrogen-bond acceptors (Lipinski definition) is 5. The van der Waals surface area contributed by atoms with E-state index in [0.717, 1.165) is 22.6 Å². The summed E-state index contributed by atoms with van der Waals surface area (Å²) in [4.78, 5) is 0. The van der Waals surface area contributed by atoms with E-state index >= 15 is 0 Å². The highest BCUT2D eigenvalue weighted by Crippen LogP contribution is 2.26. The van der Waals surface area contributed by atoms with Gasteiger partial charge in [0.15, 0.2) is 0 Å². The Hall–Kier alpha value is -3.19. The van der Waals surface area contributed by atoms with E-state index in [1.165, 1.54) is 0 Å². The number of rotatable bonds is 6. The Morgan fingerprint density at radius 2 is 1.96 bits per heavy atom. The molecule has 0 bridgehead atoms. The summed E-state index contributed by atoms with van der Waals surface area (Å²) in [6.45, 7) is 2.99. The van der Waals surface area contributed by atoms with Gasteiger partial charge in [-0.15, -0.1) is 10.2 Å². The Kier molecular flexibility index (Phi) is 4.84. The van der Waals surface area contributed by atoms with Crippen LogP contribution in [0.2, 0.25) is 5.02 Å². The minimum atomic E-state index is 0.462. The van der Waals surface area contributed by atoms with Gasteiger partial charge in [-0.1, -0.05) is 41.9 Å². The van der Waals surface area contributed by atoms with Gasteiger partial charge in [-0.3, -0.25) is 4.68 Å². The summed E-state index contributed by atoms with van der Waals surface area (Å²) in [6.07, 6.45) is 0. The molecule has 0 unspecified atom stereocenters. The van der Waals surface area contributed by atoms with E-state index in [0.29, 0.717) is 29.7 Å². The van der Waals surface area contributed by atoms with Crippen molar-refractivity contribution in [2.24, 2.45) is 0 Å². The van der Waals surface area contributed by atoms with Gasteiger partial charge >= 0.3 is 0 Å². The molecule has 1 N–H and O–H groups in total. The van der Waals surface area contributed by atoms with Gasteiger partial charge in [-0.2, -0.15) is 10.3 Å². The Morgan fingerprint density at radius 3 is 2.74 bits per heavy atom. The molecule has 136 valence electrons. The van der Waals surface area contributed by atoms with Gasteiger partial charge in [-0.25, -0.2) is 0 Å². The Balaban J connectivity index is 1.57. The average molecular weight is 381 g/mol. The molecule has 27 heavy (non-hydrogen) atoms. The highest BCUT2D eigenvalue weighted by atomic mass is 35.5. The number of benzene rings is 2. The van der Waals surface area contributed by atoms with Crippen molar-refractivity contribution < 1.29 is 4.74 Å². The molecule has 0 atom stereocenters. The molecule has 8 heteroatoms. The third-order valence-electron chi connectivity index (χ3n) is 4.14. The third-order valence-corrected chi connectivity index (χ3v) is 4.37. The van der Waals surface area contributed by atoms with E-state index in [1.54, 1.807) is 0 Å². The highest BCUT2D eigenvalue weighted by Gasteiger charge is 2.13. The monoisotopic (exact) mass is 380 g/mol.